The second-order valence-corrected chi connectivity index (χ2v) is 7.82. The lowest BCUT2D eigenvalue weighted by Gasteiger charge is -2.42. The minimum atomic E-state index is 0.134. The number of pyridine rings is 1. The van der Waals surface area contributed by atoms with Crippen LogP contribution in [0.1, 0.15) is 43.4 Å². The Morgan fingerprint density at radius 3 is 2.96 bits per heavy atom. The standard InChI is InChI=1S/C19H27N3O/c1-15-3-6-18-20-17(12-22(18)10-15)11-21-8-2-7-19(13-21,14-23)9-16-4-5-16/h3,6,10,12,16,23H,2,4-5,7-9,11,13-14H2,1H3/t19-/m1/s1. The van der Waals surface area contributed by atoms with Gasteiger partial charge in [-0.1, -0.05) is 18.9 Å². The van der Waals surface area contributed by atoms with Crippen molar-refractivity contribution < 1.29 is 5.11 Å². The van der Waals surface area contributed by atoms with Crippen molar-refractivity contribution in [3.63, 3.8) is 0 Å². The average molecular weight is 313 g/mol. The van der Waals surface area contributed by atoms with Crippen LogP contribution in [-0.4, -0.2) is 39.1 Å². The molecule has 1 saturated heterocycles. The second kappa shape index (κ2) is 5.91. The monoisotopic (exact) mass is 313 g/mol. The Kier molecular flexibility index (Phi) is 3.90. The predicted octanol–water partition coefficient (Wildman–Crippen LogP) is 3.02. The number of rotatable bonds is 5. The van der Waals surface area contributed by atoms with E-state index in [2.05, 4.69) is 40.8 Å². The normalized spacial score (nSPS) is 26.0. The maximum Gasteiger partial charge on any atom is 0.137 e. The van der Waals surface area contributed by atoms with Crippen molar-refractivity contribution in [1.29, 1.82) is 0 Å². The number of hydrogen-bond acceptors (Lipinski definition) is 3. The first kappa shape index (κ1) is 15.2. The maximum atomic E-state index is 10.0. The van der Waals surface area contributed by atoms with Crippen molar-refractivity contribution in [2.45, 2.75) is 45.6 Å². The maximum absolute atomic E-state index is 10.0. The molecular weight excluding hydrogens is 286 g/mol. The highest BCUT2D eigenvalue weighted by atomic mass is 16.3. The molecule has 124 valence electrons. The highest BCUT2D eigenvalue weighted by Crippen LogP contribution is 2.44. The summed E-state index contributed by atoms with van der Waals surface area (Å²) in [5.74, 6) is 0.875. The third-order valence-electron chi connectivity index (χ3n) is 5.53. The molecule has 4 heteroatoms. The van der Waals surface area contributed by atoms with E-state index in [1.54, 1.807) is 0 Å². The van der Waals surface area contributed by atoms with Crippen LogP contribution in [0.2, 0.25) is 0 Å². The van der Waals surface area contributed by atoms with Crippen LogP contribution in [0.3, 0.4) is 0 Å². The molecule has 4 rings (SSSR count). The lowest BCUT2D eigenvalue weighted by Crippen LogP contribution is -2.45. The molecule has 1 saturated carbocycles. The summed E-state index contributed by atoms with van der Waals surface area (Å²) >= 11 is 0. The third-order valence-corrected chi connectivity index (χ3v) is 5.53. The molecule has 1 atom stereocenters. The van der Waals surface area contributed by atoms with Gasteiger partial charge in [-0.3, -0.25) is 4.90 Å². The van der Waals surface area contributed by atoms with Gasteiger partial charge in [-0.25, -0.2) is 4.98 Å². The number of likely N-dealkylation sites (tertiary alicyclic amines) is 1. The number of aliphatic hydroxyl groups is 1. The summed E-state index contributed by atoms with van der Waals surface area (Å²) in [7, 11) is 0. The van der Waals surface area contributed by atoms with Crippen LogP contribution in [0.4, 0.5) is 0 Å². The van der Waals surface area contributed by atoms with E-state index in [4.69, 9.17) is 4.98 Å². The zero-order chi connectivity index (χ0) is 15.9. The lowest BCUT2D eigenvalue weighted by molar-refractivity contribution is 0.0176. The summed E-state index contributed by atoms with van der Waals surface area (Å²) in [4.78, 5) is 7.25. The van der Waals surface area contributed by atoms with E-state index in [-0.39, 0.29) is 5.41 Å². The Bertz CT molecular complexity index is 691. The summed E-state index contributed by atoms with van der Waals surface area (Å²) in [6.45, 7) is 5.49. The summed E-state index contributed by atoms with van der Waals surface area (Å²) in [6.07, 6.45) is 10.6. The Balaban J connectivity index is 1.48. The first-order chi connectivity index (χ1) is 11.2. The van der Waals surface area contributed by atoms with E-state index < -0.39 is 0 Å². The van der Waals surface area contributed by atoms with Gasteiger partial charge in [0.2, 0.25) is 0 Å². The number of aromatic nitrogens is 2. The van der Waals surface area contributed by atoms with Crippen LogP contribution in [0.15, 0.2) is 24.5 Å². The molecule has 1 aliphatic carbocycles. The average Bonchev–Trinajstić information content (AvgIpc) is 3.25. The molecule has 2 fully saturated rings. The Labute approximate surface area is 138 Å². The Hall–Kier alpha value is -1.39. The molecule has 2 aromatic heterocycles. The third kappa shape index (κ3) is 3.29. The number of hydrogen-bond donors (Lipinski definition) is 1. The van der Waals surface area contributed by atoms with Gasteiger partial charge in [0.05, 0.1) is 5.69 Å². The van der Waals surface area contributed by atoms with E-state index in [0.717, 1.165) is 36.9 Å². The van der Waals surface area contributed by atoms with Gasteiger partial charge in [0, 0.05) is 37.5 Å². The fourth-order valence-electron chi connectivity index (χ4n) is 4.20. The van der Waals surface area contributed by atoms with Crippen LogP contribution in [0.5, 0.6) is 0 Å². The van der Waals surface area contributed by atoms with Gasteiger partial charge in [0.25, 0.3) is 0 Å². The first-order valence-corrected chi connectivity index (χ1v) is 8.93. The fraction of sp³-hybridized carbons (Fsp3) is 0.632. The molecule has 4 nitrogen and oxygen atoms in total. The van der Waals surface area contributed by atoms with Crippen molar-refractivity contribution in [1.82, 2.24) is 14.3 Å². The van der Waals surface area contributed by atoms with Crippen molar-refractivity contribution in [3.05, 3.63) is 35.8 Å². The van der Waals surface area contributed by atoms with Crippen molar-refractivity contribution in [3.8, 4) is 0 Å². The molecule has 3 heterocycles. The Morgan fingerprint density at radius 2 is 2.17 bits per heavy atom. The largest absolute Gasteiger partial charge is 0.396 e. The summed E-state index contributed by atoms with van der Waals surface area (Å²) in [5.41, 5.74) is 3.54. The van der Waals surface area contributed by atoms with Crippen LogP contribution in [0, 0.1) is 18.3 Å². The summed E-state index contributed by atoms with van der Waals surface area (Å²) < 4.78 is 2.12. The van der Waals surface area contributed by atoms with E-state index in [1.807, 2.05) is 0 Å². The number of aliphatic hydroxyl groups excluding tert-OH is 1. The lowest BCUT2D eigenvalue weighted by atomic mass is 9.76. The van der Waals surface area contributed by atoms with Gasteiger partial charge in [-0.05, 0) is 50.3 Å². The molecule has 0 bridgehead atoms. The SMILES string of the molecule is Cc1ccc2nc(CN3CCC[C@@](CO)(CC4CC4)C3)cn2c1. The molecule has 2 aliphatic rings. The molecule has 0 amide bonds. The van der Waals surface area contributed by atoms with Gasteiger partial charge in [-0.15, -0.1) is 0 Å². The molecule has 2 aromatic rings. The van der Waals surface area contributed by atoms with E-state index in [9.17, 15) is 5.11 Å². The molecule has 0 radical (unpaired) electrons. The summed E-state index contributed by atoms with van der Waals surface area (Å²) in [6, 6.07) is 4.19. The molecule has 1 aliphatic heterocycles. The molecule has 23 heavy (non-hydrogen) atoms. The summed E-state index contributed by atoms with van der Waals surface area (Å²) in [5, 5.41) is 10.0. The van der Waals surface area contributed by atoms with Gasteiger partial charge in [0.1, 0.15) is 5.65 Å². The van der Waals surface area contributed by atoms with E-state index in [0.29, 0.717) is 6.61 Å². The van der Waals surface area contributed by atoms with Crippen LogP contribution in [-0.2, 0) is 6.54 Å². The minimum Gasteiger partial charge on any atom is -0.396 e. The molecule has 0 aromatic carbocycles. The zero-order valence-electron chi connectivity index (χ0n) is 14.0. The van der Waals surface area contributed by atoms with Crippen molar-refractivity contribution in [2.24, 2.45) is 11.3 Å². The number of piperidine rings is 1. The van der Waals surface area contributed by atoms with Crippen LogP contribution in [0.25, 0.3) is 5.65 Å². The molecule has 0 spiro atoms. The van der Waals surface area contributed by atoms with Gasteiger partial charge in [-0.2, -0.15) is 0 Å². The van der Waals surface area contributed by atoms with Gasteiger partial charge < -0.3 is 9.51 Å². The van der Waals surface area contributed by atoms with Gasteiger partial charge >= 0.3 is 0 Å². The number of nitrogens with zero attached hydrogens (tertiary/aromatic N) is 3. The fourth-order valence-corrected chi connectivity index (χ4v) is 4.20. The zero-order valence-corrected chi connectivity index (χ0v) is 14.0. The second-order valence-electron chi connectivity index (χ2n) is 7.82. The van der Waals surface area contributed by atoms with Crippen molar-refractivity contribution >= 4 is 5.65 Å². The van der Waals surface area contributed by atoms with E-state index in [1.165, 1.54) is 37.7 Å². The predicted molar refractivity (Wildman–Crippen MR) is 91.3 cm³/mol. The van der Waals surface area contributed by atoms with Crippen molar-refractivity contribution in [2.75, 3.05) is 19.7 Å². The van der Waals surface area contributed by atoms with Crippen LogP contribution >= 0.6 is 0 Å². The topological polar surface area (TPSA) is 40.8 Å². The highest BCUT2D eigenvalue weighted by Gasteiger charge is 2.39. The highest BCUT2D eigenvalue weighted by molar-refractivity contribution is 5.41. The number of fused-ring (bicyclic) bond motifs is 1. The number of imidazole rings is 1. The smallest absolute Gasteiger partial charge is 0.137 e. The molecule has 1 N–H and O–H groups in total. The molecular formula is C19H27N3O. The Morgan fingerprint density at radius 1 is 1.30 bits per heavy atom. The first-order valence-electron chi connectivity index (χ1n) is 8.93. The molecule has 0 unspecified atom stereocenters. The number of aryl methyl sites for hydroxylation is 1. The van der Waals surface area contributed by atoms with Gasteiger partial charge in [0.15, 0.2) is 0 Å². The minimum absolute atomic E-state index is 0.134. The van der Waals surface area contributed by atoms with E-state index >= 15 is 0 Å². The van der Waals surface area contributed by atoms with Crippen LogP contribution < -0.4 is 0 Å². The quantitative estimate of drug-likeness (QED) is 0.922.